The molecule has 1 rings (SSSR count). The number of nitrogens with zero attached hydrogens (tertiary/aromatic N) is 1. The lowest BCUT2D eigenvalue weighted by atomic mass is 10.5. The maximum absolute atomic E-state index is 3.74. The molecule has 98 valence electrons. The molecule has 0 bridgehead atoms. The standard InChI is InChI=1S/C13H23Br2NSi/c1-9(2)17(10(3)4,11(5)6)16-8-7-12(14)13(16)15/h7-11H,1-6H3. The molecule has 0 aliphatic carbocycles. The van der Waals surface area contributed by atoms with E-state index in [9.17, 15) is 0 Å². The van der Waals surface area contributed by atoms with Crippen LogP contribution < -0.4 is 0 Å². The smallest absolute Gasteiger partial charge is 0.170 e. The van der Waals surface area contributed by atoms with Gasteiger partial charge in [-0.3, -0.25) is 0 Å². The van der Waals surface area contributed by atoms with Crippen LogP contribution in [0.3, 0.4) is 0 Å². The van der Waals surface area contributed by atoms with E-state index in [1.165, 1.54) is 4.60 Å². The minimum Gasteiger partial charge on any atom is -0.367 e. The molecule has 0 saturated carbocycles. The molecule has 0 spiro atoms. The SMILES string of the molecule is CC(C)[Si](C(C)C)(C(C)C)n1ccc(Br)c1Br. The molecular formula is C13H23Br2NSi. The molecule has 1 aromatic rings. The van der Waals surface area contributed by atoms with E-state index in [4.69, 9.17) is 0 Å². The number of aromatic nitrogens is 1. The van der Waals surface area contributed by atoms with Crippen molar-refractivity contribution in [1.29, 1.82) is 0 Å². The molecule has 4 heteroatoms. The summed E-state index contributed by atoms with van der Waals surface area (Å²) in [6.07, 6.45) is 2.25. The summed E-state index contributed by atoms with van der Waals surface area (Å²) in [5.74, 6) is 0. The van der Waals surface area contributed by atoms with Gasteiger partial charge in [-0.2, -0.15) is 0 Å². The molecule has 1 aromatic heterocycles. The van der Waals surface area contributed by atoms with Crippen LogP contribution in [-0.2, 0) is 0 Å². The highest BCUT2D eigenvalue weighted by Crippen LogP contribution is 2.45. The molecule has 0 unspecified atom stereocenters. The van der Waals surface area contributed by atoms with Crippen molar-refractivity contribution in [2.45, 2.75) is 58.2 Å². The molecule has 0 atom stereocenters. The fourth-order valence-corrected chi connectivity index (χ4v) is 11.6. The predicted molar refractivity (Wildman–Crippen MR) is 86.3 cm³/mol. The zero-order valence-corrected chi connectivity index (χ0v) is 15.8. The van der Waals surface area contributed by atoms with Crippen LogP contribution in [-0.4, -0.2) is 12.5 Å². The topological polar surface area (TPSA) is 4.93 Å². The lowest BCUT2D eigenvalue weighted by Gasteiger charge is -2.44. The number of rotatable bonds is 4. The highest BCUT2D eigenvalue weighted by atomic mass is 79.9. The van der Waals surface area contributed by atoms with Crippen LogP contribution in [0, 0.1) is 0 Å². The van der Waals surface area contributed by atoms with E-state index in [0.717, 1.165) is 21.1 Å². The Kier molecular flexibility index (Phi) is 5.13. The summed E-state index contributed by atoms with van der Waals surface area (Å²) >= 11 is 7.35. The molecule has 0 saturated heterocycles. The fourth-order valence-electron chi connectivity index (χ4n) is 3.52. The van der Waals surface area contributed by atoms with Crippen molar-refractivity contribution < 1.29 is 0 Å². The second kappa shape index (κ2) is 5.62. The summed E-state index contributed by atoms with van der Waals surface area (Å²) in [7, 11) is -1.59. The first-order valence-corrected chi connectivity index (χ1v) is 10.1. The van der Waals surface area contributed by atoms with E-state index in [-0.39, 0.29) is 0 Å². The molecular weight excluding hydrogens is 358 g/mol. The number of hydrogen-bond acceptors (Lipinski definition) is 0. The third-order valence-corrected chi connectivity index (χ3v) is 13.0. The van der Waals surface area contributed by atoms with Gasteiger partial charge in [0, 0.05) is 4.47 Å². The average molecular weight is 381 g/mol. The Hall–Kier alpha value is 0.457. The second-order valence-electron chi connectivity index (χ2n) is 5.68. The monoisotopic (exact) mass is 379 g/mol. The molecule has 1 heterocycles. The molecule has 0 aromatic carbocycles. The highest BCUT2D eigenvalue weighted by Gasteiger charge is 2.45. The van der Waals surface area contributed by atoms with E-state index >= 15 is 0 Å². The van der Waals surface area contributed by atoms with Crippen molar-refractivity contribution in [2.24, 2.45) is 0 Å². The molecule has 1 nitrogen and oxygen atoms in total. The average Bonchev–Trinajstić information content (AvgIpc) is 2.49. The highest BCUT2D eigenvalue weighted by molar-refractivity contribution is 9.13. The van der Waals surface area contributed by atoms with Crippen LogP contribution in [0.5, 0.6) is 0 Å². The molecule has 17 heavy (non-hydrogen) atoms. The van der Waals surface area contributed by atoms with Crippen LogP contribution in [0.4, 0.5) is 0 Å². The van der Waals surface area contributed by atoms with E-state index in [1.54, 1.807) is 0 Å². The minimum atomic E-state index is -1.59. The first-order valence-electron chi connectivity index (χ1n) is 6.29. The van der Waals surface area contributed by atoms with Gasteiger partial charge < -0.3 is 4.23 Å². The largest absolute Gasteiger partial charge is 0.367 e. The van der Waals surface area contributed by atoms with Gasteiger partial charge in [0.25, 0.3) is 0 Å². The van der Waals surface area contributed by atoms with Crippen LogP contribution >= 0.6 is 31.9 Å². The van der Waals surface area contributed by atoms with Crippen molar-refractivity contribution >= 4 is 40.1 Å². The molecule has 0 N–H and O–H groups in total. The summed E-state index contributed by atoms with van der Waals surface area (Å²) < 4.78 is 4.91. The zero-order valence-electron chi connectivity index (χ0n) is 11.6. The predicted octanol–water partition coefficient (Wildman–Crippen LogP) is 6.04. The van der Waals surface area contributed by atoms with E-state index in [0.29, 0.717) is 0 Å². The van der Waals surface area contributed by atoms with Crippen LogP contribution in [0.2, 0.25) is 16.6 Å². The van der Waals surface area contributed by atoms with Crippen molar-refractivity contribution in [1.82, 2.24) is 4.23 Å². The maximum Gasteiger partial charge on any atom is 0.170 e. The van der Waals surface area contributed by atoms with Crippen molar-refractivity contribution in [3.05, 3.63) is 21.3 Å². The zero-order chi connectivity index (χ0) is 13.4. The lowest BCUT2D eigenvalue weighted by Crippen LogP contribution is -2.51. The van der Waals surface area contributed by atoms with Crippen molar-refractivity contribution in [2.75, 3.05) is 0 Å². The Balaban J connectivity index is 3.47. The Morgan fingerprint density at radius 2 is 1.35 bits per heavy atom. The van der Waals surface area contributed by atoms with Crippen LogP contribution in [0.25, 0.3) is 0 Å². The van der Waals surface area contributed by atoms with Crippen LogP contribution in [0.15, 0.2) is 21.3 Å². The molecule has 0 aliphatic heterocycles. The Morgan fingerprint density at radius 3 is 1.59 bits per heavy atom. The quantitative estimate of drug-likeness (QED) is 0.561. The first-order chi connectivity index (χ1) is 7.76. The summed E-state index contributed by atoms with van der Waals surface area (Å²) in [5.41, 5.74) is 2.16. The third kappa shape index (κ3) is 2.45. The summed E-state index contributed by atoms with van der Waals surface area (Å²) in [6.45, 7) is 14.3. The maximum atomic E-state index is 3.74. The van der Waals surface area contributed by atoms with E-state index < -0.39 is 8.24 Å². The van der Waals surface area contributed by atoms with E-state index in [1.807, 2.05) is 0 Å². The normalized spacial score (nSPS) is 13.1. The van der Waals surface area contributed by atoms with Crippen molar-refractivity contribution in [3.63, 3.8) is 0 Å². The summed E-state index contributed by atoms with van der Waals surface area (Å²) in [4.78, 5) is 0. The third-order valence-electron chi connectivity index (χ3n) is 3.97. The van der Waals surface area contributed by atoms with Gasteiger partial charge in [-0.05, 0) is 60.7 Å². The number of halogens is 2. The second-order valence-corrected chi connectivity index (χ2v) is 13.0. The van der Waals surface area contributed by atoms with Gasteiger partial charge in [-0.1, -0.05) is 41.5 Å². The van der Waals surface area contributed by atoms with Crippen molar-refractivity contribution in [3.8, 4) is 0 Å². The van der Waals surface area contributed by atoms with Gasteiger partial charge in [0.2, 0.25) is 0 Å². The summed E-state index contributed by atoms with van der Waals surface area (Å²) in [6, 6.07) is 2.15. The molecule has 0 fully saturated rings. The van der Waals surface area contributed by atoms with Gasteiger partial charge in [-0.25, -0.2) is 0 Å². The Bertz CT molecular complexity index is 361. The van der Waals surface area contributed by atoms with Gasteiger partial charge >= 0.3 is 0 Å². The van der Waals surface area contributed by atoms with Gasteiger partial charge in [0.1, 0.15) is 0 Å². The van der Waals surface area contributed by atoms with E-state index in [2.05, 4.69) is 89.9 Å². The van der Waals surface area contributed by atoms with Gasteiger partial charge in [0.15, 0.2) is 8.24 Å². The molecule has 0 radical (unpaired) electrons. The Labute approximate surface area is 123 Å². The fraction of sp³-hybridized carbons (Fsp3) is 0.692. The first kappa shape index (κ1) is 15.5. The lowest BCUT2D eigenvalue weighted by molar-refractivity contribution is 0.760. The van der Waals surface area contributed by atoms with Gasteiger partial charge in [-0.15, -0.1) is 0 Å². The summed E-state index contributed by atoms with van der Waals surface area (Å²) in [5, 5.41) is 0. The molecule has 0 amide bonds. The molecule has 0 aliphatic rings. The Morgan fingerprint density at radius 1 is 0.941 bits per heavy atom. The van der Waals surface area contributed by atoms with Gasteiger partial charge in [0.05, 0.1) is 4.60 Å². The minimum absolute atomic E-state index is 0.720. The van der Waals surface area contributed by atoms with Crippen LogP contribution in [0.1, 0.15) is 41.5 Å². The number of hydrogen-bond donors (Lipinski definition) is 0.